The van der Waals surface area contributed by atoms with E-state index in [-0.39, 0.29) is 18.8 Å². The van der Waals surface area contributed by atoms with Crippen molar-refractivity contribution in [2.75, 3.05) is 0 Å². The van der Waals surface area contributed by atoms with Gasteiger partial charge in [-0.1, -0.05) is 42.5 Å². The fraction of sp³-hybridized carbons (Fsp3) is 0.333. The maximum atomic E-state index is 12.8. The van der Waals surface area contributed by atoms with Gasteiger partial charge in [0.25, 0.3) is 0 Å². The highest BCUT2D eigenvalue weighted by Crippen LogP contribution is 2.23. The van der Waals surface area contributed by atoms with Crippen LogP contribution in [-0.2, 0) is 22.6 Å². The van der Waals surface area contributed by atoms with Gasteiger partial charge in [-0.25, -0.2) is 9.59 Å². The standard InChI is InChI=1S/C21H25NO5/c1-21(2,3)22(20(26)27-14-16-7-5-4-6-8-16)18(19(24)25)13-15-9-11-17(23)12-10-15/h4-12,18,23H,13-14H2,1-3H3,(H,24,25)/t18-/m0/s1. The molecule has 1 amide bonds. The van der Waals surface area contributed by atoms with Gasteiger partial charge in [-0.15, -0.1) is 0 Å². The Bertz CT molecular complexity index is 765. The van der Waals surface area contributed by atoms with Crippen LogP contribution in [0.3, 0.4) is 0 Å². The summed E-state index contributed by atoms with van der Waals surface area (Å²) in [5.74, 6) is -1.02. The highest BCUT2D eigenvalue weighted by atomic mass is 16.6. The molecule has 0 saturated heterocycles. The number of hydrogen-bond donors (Lipinski definition) is 2. The van der Waals surface area contributed by atoms with Crippen LogP contribution < -0.4 is 0 Å². The number of ether oxygens (including phenoxy) is 1. The number of hydrogen-bond acceptors (Lipinski definition) is 4. The van der Waals surface area contributed by atoms with Crippen LogP contribution in [0.25, 0.3) is 0 Å². The van der Waals surface area contributed by atoms with Crippen LogP contribution in [0.15, 0.2) is 54.6 Å². The van der Waals surface area contributed by atoms with Crippen molar-refractivity contribution in [1.29, 1.82) is 0 Å². The Labute approximate surface area is 159 Å². The fourth-order valence-electron chi connectivity index (χ4n) is 2.80. The number of benzene rings is 2. The number of carboxylic acids is 1. The highest BCUT2D eigenvalue weighted by molar-refractivity contribution is 5.81. The molecule has 2 N–H and O–H groups in total. The maximum absolute atomic E-state index is 12.8. The van der Waals surface area contributed by atoms with E-state index in [2.05, 4.69) is 0 Å². The van der Waals surface area contributed by atoms with E-state index in [4.69, 9.17) is 4.74 Å². The quantitative estimate of drug-likeness (QED) is 0.806. The zero-order chi connectivity index (χ0) is 20.0. The highest BCUT2D eigenvalue weighted by Gasteiger charge is 2.38. The number of carbonyl (C=O) groups excluding carboxylic acids is 1. The second-order valence-corrected chi connectivity index (χ2v) is 7.31. The fourth-order valence-corrected chi connectivity index (χ4v) is 2.80. The number of nitrogens with zero attached hydrogens (tertiary/aromatic N) is 1. The van der Waals surface area contributed by atoms with Gasteiger partial charge in [-0.3, -0.25) is 4.90 Å². The Kier molecular flexibility index (Phi) is 6.45. The molecule has 6 heteroatoms. The van der Waals surface area contributed by atoms with E-state index in [1.54, 1.807) is 32.9 Å². The molecular weight excluding hydrogens is 346 g/mol. The van der Waals surface area contributed by atoms with Gasteiger partial charge < -0.3 is 14.9 Å². The molecular formula is C21H25NO5. The number of aliphatic carboxylic acids is 1. The molecule has 0 aliphatic rings. The predicted molar refractivity (Wildman–Crippen MR) is 101 cm³/mol. The Morgan fingerprint density at radius 1 is 1.00 bits per heavy atom. The number of carbonyl (C=O) groups is 2. The van der Waals surface area contributed by atoms with Crippen LogP contribution in [0.4, 0.5) is 4.79 Å². The van der Waals surface area contributed by atoms with Crippen LogP contribution in [0.1, 0.15) is 31.9 Å². The normalized spacial score (nSPS) is 12.3. The monoisotopic (exact) mass is 371 g/mol. The molecule has 0 spiro atoms. The van der Waals surface area contributed by atoms with Crippen molar-refractivity contribution in [3.63, 3.8) is 0 Å². The second-order valence-electron chi connectivity index (χ2n) is 7.31. The van der Waals surface area contributed by atoms with Gasteiger partial charge in [0.05, 0.1) is 0 Å². The minimum absolute atomic E-state index is 0.0673. The van der Waals surface area contributed by atoms with E-state index in [0.29, 0.717) is 5.56 Å². The van der Waals surface area contributed by atoms with Crippen LogP contribution >= 0.6 is 0 Å². The summed E-state index contributed by atoms with van der Waals surface area (Å²) in [4.78, 5) is 25.9. The van der Waals surface area contributed by atoms with Crippen molar-refractivity contribution in [3.05, 3.63) is 65.7 Å². The van der Waals surface area contributed by atoms with Crippen molar-refractivity contribution in [1.82, 2.24) is 4.90 Å². The summed E-state index contributed by atoms with van der Waals surface area (Å²) in [6, 6.07) is 14.4. The van der Waals surface area contributed by atoms with Crippen molar-refractivity contribution >= 4 is 12.1 Å². The Balaban J connectivity index is 2.21. The molecule has 0 radical (unpaired) electrons. The molecule has 0 aromatic heterocycles. The van der Waals surface area contributed by atoms with E-state index in [9.17, 15) is 19.8 Å². The number of carboxylic acid groups (broad SMARTS) is 1. The van der Waals surface area contributed by atoms with Gasteiger partial charge in [0.2, 0.25) is 0 Å². The molecule has 27 heavy (non-hydrogen) atoms. The number of aromatic hydroxyl groups is 1. The summed E-state index contributed by atoms with van der Waals surface area (Å²) in [5, 5.41) is 19.2. The summed E-state index contributed by atoms with van der Waals surface area (Å²) in [5.41, 5.74) is 0.767. The number of rotatable bonds is 6. The lowest BCUT2D eigenvalue weighted by Gasteiger charge is -2.39. The predicted octanol–water partition coefficient (Wildman–Crippen LogP) is 3.83. The average Bonchev–Trinajstić information content (AvgIpc) is 2.61. The number of phenols is 1. The molecule has 1 atom stereocenters. The number of phenolic OH excluding ortho intramolecular Hbond substituents is 1. The largest absolute Gasteiger partial charge is 0.508 e. The first-order valence-corrected chi connectivity index (χ1v) is 8.69. The summed E-state index contributed by atoms with van der Waals surface area (Å²) in [7, 11) is 0. The van der Waals surface area contributed by atoms with E-state index in [1.165, 1.54) is 17.0 Å². The van der Waals surface area contributed by atoms with Crippen molar-refractivity contribution in [2.45, 2.75) is 45.4 Å². The lowest BCUT2D eigenvalue weighted by atomic mass is 9.98. The lowest BCUT2D eigenvalue weighted by Crippen LogP contribution is -2.55. The third-order valence-electron chi connectivity index (χ3n) is 4.09. The zero-order valence-corrected chi connectivity index (χ0v) is 15.8. The molecule has 0 heterocycles. The molecule has 0 aliphatic heterocycles. The van der Waals surface area contributed by atoms with Gasteiger partial charge in [-0.05, 0) is 44.0 Å². The number of amides is 1. The molecule has 2 aromatic carbocycles. The van der Waals surface area contributed by atoms with Gasteiger partial charge in [-0.2, -0.15) is 0 Å². The van der Waals surface area contributed by atoms with Crippen LogP contribution in [-0.4, -0.2) is 38.8 Å². The second kappa shape index (κ2) is 8.58. The summed E-state index contributed by atoms with van der Waals surface area (Å²) >= 11 is 0. The van der Waals surface area contributed by atoms with Crippen LogP contribution in [0.5, 0.6) is 5.75 Å². The summed E-state index contributed by atoms with van der Waals surface area (Å²) in [6.07, 6.45) is -0.578. The van der Waals surface area contributed by atoms with E-state index in [1.807, 2.05) is 30.3 Å². The van der Waals surface area contributed by atoms with Crippen molar-refractivity contribution in [2.24, 2.45) is 0 Å². The minimum atomic E-state index is -1.12. The average molecular weight is 371 g/mol. The summed E-state index contributed by atoms with van der Waals surface area (Å²) in [6.45, 7) is 5.37. The first-order chi connectivity index (χ1) is 12.7. The first kappa shape index (κ1) is 20.3. The topological polar surface area (TPSA) is 87.1 Å². The van der Waals surface area contributed by atoms with Crippen molar-refractivity contribution in [3.8, 4) is 5.75 Å². The van der Waals surface area contributed by atoms with Gasteiger partial charge >= 0.3 is 12.1 Å². The Morgan fingerprint density at radius 3 is 2.11 bits per heavy atom. The molecule has 0 saturated carbocycles. The van der Waals surface area contributed by atoms with Gasteiger partial charge in [0.15, 0.2) is 0 Å². The SMILES string of the molecule is CC(C)(C)N(C(=O)OCc1ccccc1)[C@@H](Cc1ccc(O)cc1)C(=O)O. The third kappa shape index (κ3) is 5.74. The minimum Gasteiger partial charge on any atom is -0.508 e. The summed E-state index contributed by atoms with van der Waals surface area (Å²) < 4.78 is 5.39. The van der Waals surface area contributed by atoms with Gasteiger partial charge in [0.1, 0.15) is 18.4 Å². The molecule has 144 valence electrons. The van der Waals surface area contributed by atoms with Crippen LogP contribution in [0.2, 0.25) is 0 Å². The van der Waals surface area contributed by atoms with Crippen LogP contribution in [0, 0.1) is 0 Å². The molecule has 2 rings (SSSR count). The van der Waals surface area contributed by atoms with E-state index < -0.39 is 23.6 Å². The lowest BCUT2D eigenvalue weighted by molar-refractivity contribution is -0.144. The van der Waals surface area contributed by atoms with Gasteiger partial charge in [0, 0.05) is 12.0 Å². The first-order valence-electron chi connectivity index (χ1n) is 8.69. The Hall–Kier alpha value is -3.02. The molecule has 0 aliphatic carbocycles. The third-order valence-corrected chi connectivity index (χ3v) is 4.09. The molecule has 0 unspecified atom stereocenters. The smallest absolute Gasteiger partial charge is 0.411 e. The Morgan fingerprint density at radius 2 is 1.59 bits per heavy atom. The van der Waals surface area contributed by atoms with E-state index in [0.717, 1.165) is 5.56 Å². The molecule has 2 aromatic rings. The van der Waals surface area contributed by atoms with Crippen molar-refractivity contribution < 1.29 is 24.5 Å². The molecule has 0 bridgehead atoms. The maximum Gasteiger partial charge on any atom is 0.411 e. The zero-order valence-electron chi connectivity index (χ0n) is 15.8. The van der Waals surface area contributed by atoms with E-state index >= 15 is 0 Å². The molecule has 0 fully saturated rings. The molecule has 6 nitrogen and oxygen atoms in total.